The third-order valence-corrected chi connectivity index (χ3v) is 5.31. The topological polar surface area (TPSA) is 12.0 Å². The summed E-state index contributed by atoms with van der Waals surface area (Å²) in [6.45, 7) is 3.87. The summed E-state index contributed by atoms with van der Waals surface area (Å²) in [5.41, 5.74) is 3.97. The number of nitrogens with one attached hydrogen (secondary N) is 1. The molecule has 0 spiro atoms. The summed E-state index contributed by atoms with van der Waals surface area (Å²) < 4.78 is 0. The lowest BCUT2D eigenvalue weighted by molar-refractivity contribution is 0.700. The Morgan fingerprint density at radius 2 is 2.11 bits per heavy atom. The Balaban J connectivity index is 1.56. The molecule has 100 valence electrons. The Hall–Kier alpha value is -0.830. The lowest BCUT2D eigenvalue weighted by Crippen LogP contribution is -2.11. The molecule has 0 saturated carbocycles. The van der Waals surface area contributed by atoms with E-state index in [1.54, 1.807) is 10.4 Å². The van der Waals surface area contributed by atoms with Gasteiger partial charge in [0.15, 0.2) is 0 Å². The largest absolute Gasteiger partial charge is 0.308 e. The Kier molecular flexibility index (Phi) is 3.92. The van der Waals surface area contributed by atoms with Gasteiger partial charge in [-0.15, -0.1) is 11.3 Å². The van der Waals surface area contributed by atoms with Crippen LogP contribution in [-0.2, 0) is 25.9 Å². The maximum absolute atomic E-state index is 6.13. The summed E-state index contributed by atoms with van der Waals surface area (Å²) in [5, 5.41) is 4.36. The molecule has 0 aliphatic heterocycles. The number of fused-ring (bicyclic) bond motifs is 1. The highest BCUT2D eigenvalue weighted by Gasteiger charge is 2.14. The number of rotatable bonds is 4. The fourth-order valence-electron chi connectivity index (χ4n) is 2.55. The van der Waals surface area contributed by atoms with Crippen LogP contribution >= 0.6 is 22.9 Å². The van der Waals surface area contributed by atoms with Gasteiger partial charge in [-0.2, -0.15) is 0 Å². The van der Waals surface area contributed by atoms with Crippen LogP contribution in [-0.4, -0.2) is 0 Å². The van der Waals surface area contributed by atoms with Gasteiger partial charge >= 0.3 is 0 Å². The van der Waals surface area contributed by atoms with E-state index in [1.165, 1.54) is 29.7 Å². The zero-order valence-electron chi connectivity index (χ0n) is 11.1. The molecule has 3 heteroatoms. The molecule has 1 N–H and O–H groups in total. The first-order valence-electron chi connectivity index (χ1n) is 6.78. The van der Waals surface area contributed by atoms with Gasteiger partial charge in [0, 0.05) is 27.9 Å². The summed E-state index contributed by atoms with van der Waals surface area (Å²) in [5.74, 6) is 0. The molecule has 0 bridgehead atoms. The first kappa shape index (κ1) is 13.2. The number of halogens is 1. The van der Waals surface area contributed by atoms with Gasteiger partial charge in [0.25, 0.3) is 0 Å². The van der Waals surface area contributed by atoms with E-state index in [0.717, 1.165) is 23.7 Å². The Bertz CT molecular complexity index is 567. The minimum atomic E-state index is 0.856. The number of hydrogen-bond acceptors (Lipinski definition) is 2. The van der Waals surface area contributed by atoms with Crippen molar-refractivity contribution in [3.63, 3.8) is 0 Å². The third kappa shape index (κ3) is 3.02. The lowest BCUT2D eigenvalue weighted by Gasteiger charge is -2.05. The third-order valence-electron chi connectivity index (χ3n) is 3.66. The first-order chi connectivity index (χ1) is 9.22. The zero-order valence-corrected chi connectivity index (χ0v) is 12.7. The number of hydrogen-bond donors (Lipinski definition) is 1. The fourth-order valence-corrected chi connectivity index (χ4v) is 3.99. The molecule has 0 radical (unpaired) electrons. The van der Waals surface area contributed by atoms with E-state index in [0.29, 0.717) is 0 Å². The molecule has 1 aliphatic rings. The van der Waals surface area contributed by atoms with Crippen molar-refractivity contribution in [2.24, 2.45) is 0 Å². The van der Waals surface area contributed by atoms with Crippen molar-refractivity contribution in [3.8, 4) is 0 Å². The zero-order chi connectivity index (χ0) is 13.2. The monoisotopic (exact) mass is 291 g/mol. The maximum Gasteiger partial charge on any atom is 0.0438 e. The summed E-state index contributed by atoms with van der Waals surface area (Å²) in [4.78, 5) is 3.07. The lowest BCUT2D eigenvalue weighted by atomic mass is 10.1. The summed E-state index contributed by atoms with van der Waals surface area (Å²) in [6, 6.07) is 8.65. The summed E-state index contributed by atoms with van der Waals surface area (Å²) >= 11 is 8.11. The molecule has 1 aromatic carbocycles. The Labute approximate surface area is 123 Å². The van der Waals surface area contributed by atoms with E-state index < -0.39 is 0 Å². The second kappa shape index (κ2) is 5.66. The maximum atomic E-state index is 6.13. The summed E-state index contributed by atoms with van der Waals surface area (Å²) in [7, 11) is 0. The SMILES string of the molecule is Cc1ccc(CNCc2cc3c(s2)CCC3)cc1Cl. The molecule has 0 fully saturated rings. The normalized spacial score (nSPS) is 13.8. The molecule has 1 aromatic heterocycles. The predicted molar refractivity (Wildman–Crippen MR) is 83.1 cm³/mol. The standard InChI is InChI=1S/C16H18ClNS/c1-11-5-6-12(7-15(11)17)9-18-10-14-8-13-3-2-4-16(13)19-14/h5-8,18H,2-4,9-10H2,1H3. The fraction of sp³-hybridized carbons (Fsp3) is 0.375. The average Bonchev–Trinajstić information content (AvgIpc) is 2.94. The average molecular weight is 292 g/mol. The number of aryl methyl sites for hydroxylation is 3. The van der Waals surface area contributed by atoms with Gasteiger partial charge < -0.3 is 5.32 Å². The van der Waals surface area contributed by atoms with Gasteiger partial charge in [-0.05, 0) is 55.0 Å². The molecular formula is C16H18ClNS. The molecule has 1 nitrogen and oxygen atoms in total. The van der Waals surface area contributed by atoms with Crippen molar-refractivity contribution in [3.05, 3.63) is 55.7 Å². The smallest absolute Gasteiger partial charge is 0.0438 e. The van der Waals surface area contributed by atoms with Crippen LogP contribution in [0.3, 0.4) is 0 Å². The van der Waals surface area contributed by atoms with E-state index in [9.17, 15) is 0 Å². The molecule has 0 unspecified atom stereocenters. The molecule has 2 aromatic rings. The van der Waals surface area contributed by atoms with Crippen LogP contribution in [0, 0.1) is 6.92 Å². The molecule has 0 atom stereocenters. The van der Waals surface area contributed by atoms with Gasteiger partial charge in [-0.1, -0.05) is 23.7 Å². The second-order valence-corrected chi connectivity index (χ2v) is 6.83. The van der Waals surface area contributed by atoms with Crippen molar-refractivity contribution in [1.82, 2.24) is 5.32 Å². The van der Waals surface area contributed by atoms with Crippen molar-refractivity contribution >= 4 is 22.9 Å². The van der Waals surface area contributed by atoms with E-state index >= 15 is 0 Å². The van der Waals surface area contributed by atoms with E-state index in [1.807, 2.05) is 18.3 Å². The molecule has 3 rings (SSSR count). The van der Waals surface area contributed by atoms with Gasteiger partial charge in [0.05, 0.1) is 0 Å². The van der Waals surface area contributed by atoms with E-state index in [-0.39, 0.29) is 0 Å². The molecular weight excluding hydrogens is 274 g/mol. The highest BCUT2D eigenvalue weighted by molar-refractivity contribution is 7.12. The molecule has 19 heavy (non-hydrogen) atoms. The van der Waals surface area contributed by atoms with Gasteiger partial charge in [-0.3, -0.25) is 0 Å². The predicted octanol–water partition coefficient (Wildman–Crippen LogP) is 4.49. The van der Waals surface area contributed by atoms with Crippen LogP contribution in [0.1, 0.15) is 32.9 Å². The molecule has 1 aliphatic carbocycles. The van der Waals surface area contributed by atoms with Crippen LogP contribution in [0.4, 0.5) is 0 Å². The van der Waals surface area contributed by atoms with E-state index in [2.05, 4.69) is 29.6 Å². The van der Waals surface area contributed by atoms with Crippen LogP contribution in [0.15, 0.2) is 24.3 Å². The Morgan fingerprint density at radius 1 is 1.21 bits per heavy atom. The van der Waals surface area contributed by atoms with Crippen molar-refractivity contribution in [2.75, 3.05) is 0 Å². The van der Waals surface area contributed by atoms with Gasteiger partial charge in [0.1, 0.15) is 0 Å². The summed E-state index contributed by atoms with van der Waals surface area (Å²) in [6.07, 6.45) is 3.91. The highest BCUT2D eigenvalue weighted by Crippen LogP contribution is 2.30. The second-order valence-electron chi connectivity index (χ2n) is 5.20. The minimum absolute atomic E-state index is 0.856. The van der Waals surface area contributed by atoms with Crippen LogP contribution in [0.5, 0.6) is 0 Å². The van der Waals surface area contributed by atoms with Crippen LogP contribution < -0.4 is 5.32 Å². The van der Waals surface area contributed by atoms with E-state index in [4.69, 9.17) is 11.6 Å². The Morgan fingerprint density at radius 3 is 2.89 bits per heavy atom. The van der Waals surface area contributed by atoms with Gasteiger partial charge in [0.2, 0.25) is 0 Å². The quantitative estimate of drug-likeness (QED) is 0.875. The van der Waals surface area contributed by atoms with Crippen LogP contribution in [0.2, 0.25) is 5.02 Å². The highest BCUT2D eigenvalue weighted by atomic mass is 35.5. The minimum Gasteiger partial charge on any atom is -0.308 e. The van der Waals surface area contributed by atoms with Crippen LogP contribution in [0.25, 0.3) is 0 Å². The molecule has 0 amide bonds. The van der Waals surface area contributed by atoms with Crippen molar-refractivity contribution < 1.29 is 0 Å². The first-order valence-corrected chi connectivity index (χ1v) is 7.98. The molecule has 1 heterocycles. The van der Waals surface area contributed by atoms with Crippen molar-refractivity contribution in [1.29, 1.82) is 0 Å². The van der Waals surface area contributed by atoms with Gasteiger partial charge in [-0.25, -0.2) is 0 Å². The van der Waals surface area contributed by atoms with Crippen molar-refractivity contribution in [2.45, 2.75) is 39.3 Å². The number of thiophene rings is 1. The number of benzene rings is 1. The molecule has 0 saturated heterocycles.